The molecule has 0 fully saturated rings. The van der Waals surface area contributed by atoms with E-state index in [4.69, 9.17) is 4.42 Å². The normalized spacial score (nSPS) is 9.94. The first-order valence-electron chi connectivity index (χ1n) is 9.96. The maximum Gasteiger partial charge on any atom is 0.216 e. The van der Waals surface area contributed by atoms with Gasteiger partial charge in [0.25, 0.3) is 0 Å². The van der Waals surface area contributed by atoms with Crippen molar-refractivity contribution in [3.8, 4) is 22.5 Å². The van der Waals surface area contributed by atoms with Gasteiger partial charge in [0.05, 0.1) is 11.3 Å². The minimum absolute atomic E-state index is 0. The predicted molar refractivity (Wildman–Crippen MR) is 130 cm³/mol. The van der Waals surface area contributed by atoms with Gasteiger partial charge in [-0.25, -0.2) is 4.98 Å². The van der Waals surface area contributed by atoms with Crippen LogP contribution >= 0.6 is 0 Å². The van der Waals surface area contributed by atoms with Crippen LogP contribution in [0.25, 0.3) is 44.6 Å². The summed E-state index contributed by atoms with van der Waals surface area (Å²) in [4.78, 5) is 12.9. The summed E-state index contributed by atoms with van der Waals surface area (Å²) in [7, 11) is 0. The molecule has 4 nitrogen and oxygen atoms in total. The van der Waals surface area contributed by atoms with Crippen LogP contribution < -0.4 is 0 Å². The molecule has 0 spiro atoms. The van der Waals surface area contributed by atoms with E-state index < -0.39 is 0 Å². The minimum Gasteiger partial charge on any atom is -0.486 e. The molecule has 6 aromatic rings. The maximum absolute atomic E-state index is 5.86. The summed E-state index contributed by atoms with van der Waals surface area (Å²) in [6.45, 7) is 0. The Hall–Kier alpha value is -3.66. The number of benzene rings is 2. The van der Waals surface area contributed by atoms with Gasteiger partial charge in [-0.1, -0.05) is 59.5 Å². The Bertz CT molecular complexity index is 1380. The van der Waals surface area contributed by atoms with Crippen LogP contribution in [-0.4, -0.2) is 15.0 Å². The molecule has 0 aliphatic rings. The van der Waals surface area contributed by atoms with E-state index >= 15 is 0 Å². The second kappa shape index (κ2) is 11.3. The Labute approximate surface area is 206 Å². The molecule has 0 aliphatic carbocycles. The number of furan rings is 1. The average molecular weight is 608 g/mol. The van der Waals surface area contributed by atoms with Gasteiger partial charge in [-0.05, 0) is 36.0 Å². The Morgan fingerprint density at radius 3 is 1.97 bits per heavy atom. The summed E-state index contributed by atoms with van der Waals surface area (Å²) in [6.07, 6.45) is 5.31. The predicted octanol–water partition coefficient (Wildman–Crippen LogP) is 7.04. The monoisotopic (exact) mass is 608 g/mol. The zero-order chi connectivity index (χ0) is 20.9. The molecule has 33 heavy (non-hydrogen) atoms. The van der Waals surface area contributed by atoms with Crippen molar-refractivity contribution in [1.82, 2.24) is 15.0 Å². The second-order valence-electron chi connectivity index (χ2n) is 6.85. The van der Waals surface area contributed by atoms with E-state index in [0.717, 1.165) is 38.9 Å². The fourth-order valence-corrected chi connectivity index (χ4v) is 3.42. The Morgan fingerprint density at radius 2 is 1.27 bits per heavy atom. The summed E-state index contributed by atoms with van der Waals surface area (Å²) in [5, 5.41) is 2.06. The molecule has 6 rings (SSSR count). The molecule has 4 aromatic heterocycles. The summed E-state index contributed by atoms with van der Waals surface area (Å²) < 4.78 is 5.86. The van der Waals surface area contributed by atoms with Gasteiger partial charge in [0.2, 0.25) is 5.71 Å². The van der Waals surface area contributed by atoms with Gasteiger partial charge in [0, 0.05) is 49.6 Å². The van der Waals surface area contributed by atoms with Crippen LogP contribution in [0.3, 0.4) is 0 Å². The quantitative estimate of drug-likeness (QED) is 0.198. The van der Waals surface area contributed by atoms with Gasteiger partial charge in [0.15, 0.2) is 0 Å². The van der Waals surface area contributed by atoms with Crippen LogP contribution in [0.4, 0.5) is 0 Å². The maximum atomic E-state index is 5.86. The molecule has 0 amide bonds. The van der Waals surface area contributed by atoms with E-state index in [-0.39, 0.29) is 27.5 Å². The van der Waals surface area contributed by atoms with E-state index in [1.165, 1.54) is 0 Å². The first kappa shape index (κ1) is 24.0. The zero-order valence-corrected chi connectivity index (χ0v) is 20.4. The van der Waals surface area contributed by atoms with Crippen LogP contribution in [0, 0.1) is 13.5 Å². The van der Waals surface area contributed by atoms with Crippen LogP contribution in [0.5, 0.6) is 0 Å². The van der Waals surface area contributed by atoms with Gasteiger partial charge in [-0.15, -0.1) is 18.2 Å². The van der Waals surface area contributed by atoms with Crippen LogP contribution in [0.1, 0.15) is 0 Å². The molecule has 165 valence electrons. The van der Waals surface area contributed by atoms with Crippen molar-refractivity contribution in [3.63, 3.8) is 0 Å². The Kier molecular flexibility index (Phi) is 8.20. The minimum atomic E-state index is 0. The fraction of sp³-hybridized carbons (Fsp3) is 0. The van der Waals surface area contributed by atoms with Crippen molar-refractivity contribution in [2.45, 2.75) is 0 Å². The van der Waals surface area contributed by atoms with Crippen molar-refractivity contribution >= 4 is 22.1 Å². The molecule has 0 unspecified atom stereocenters. The van der Waals surface area contributed by atoms with E-state index in [0.29, 0.717) is 5.71 Å². The number of fused-ring (bicyclic) bond motifs is 3. The number of rotatable bonds is 2. The third-order valence-corrected chi connectivity index (χ3v) is 4.86. The van der Waals surface area contributed by atoms with Gasteiger partial charge >= 0.3 is 0 Å². The molecular weight excluding hydrogens is 587 g/mol. The molecule has 0 atom stereocenters. The van der Waals surface area contributed by atoms with Crippen LogP contribution in [0.15, 0.2) is 114 Å². The van der Waals surface area contributed by atoms with Gasteiger partial charge in [-0.3, -0.25) is 4.98 Å². The molecule has 4 heterocycles. The summed E-state index contributed by atoms with van der Waals surface area (Å²) in [5.74, 6) is 0. The van der Waals surface area contributed by atoms with E-state index in [1.54, 1.807) is 12.4 Å². The smallest absolute Gasteiger partial charge is 0.216 e. The molecule has 0 bridgehead atoms. The largest absolute Gasteiger partial charge is 0.486 e. The summed E-state index contributed by atoms with van der Waals surface area (Å²) in [6, 6.07) is 32.9. The third kappa shape index (κ3) is 5.23. The molecule has 0 N–H and O–H groups in total. The topological polar surface area (TPSA) is 51.8 Å². The Morgan fingerprint density at radius 1 is 0.606 bits per heavy atom. The molecule has 0 aliphatic heterocycles. The molecule has 2 aromatic carbocycles. The van der Waals surface area contributed by atoms with Gasteiger partial charge in [0.1, 0.15) is 0 Å². The third-order valence-electron chi connectivity index (χ3n) is 4.86. The van der Waals surface area contributed by atoms with Gasteiger partial charge < -0.3 is 16.8 Å². The second-order valence-corrected chi connectivity index (χ2v) is 6.85. The molecule has 1 radical (unpaired) electrons. The number of hydrogen-bond donors (Lipinski definition) is 0. The molecule has 5 heteroatoms. The molecule has 0 saturated carbocycles. The van der Waals surface area contributed by atoms with Crippen LogP contribution in [-0.2, 0) is 20.1 Å². The average Bonchev–Trinajstić information content (AvgIpc) is 3.25. The van der Waals surface area contributed by atoms with Crippen molar-refractivity contribution in [2.75, 3.05) is 0 Å². The first-order valence-corrected chi connectivity index (χ1v) is 9.96. The van der Waals surface area contributed by atoms with Crippen LogP contribution in [0.2, 0.25) is 0 Å². The number of hydrogen-bond acceptors (Lipinski definition) is 4. The standard InChI is InChI=1S/C16H9N2O.C11H9N.CH3.Ir/c1-2-9-17-14(8-1)13-6-3-5-11-12-7-4-10-18-16(12)19-15(11)13;1-2-6-10(7-3-1)11-8-4-5-9-12-11;;/h1-5,7-10H;1-9H;1H3;/q-1;;-1;. The first-order chi connectivity index (χ1) is 15.4. The number of aromatic nitrogens is 3. The van der Waals surface area contributed by atoms with Crippen molar-refractivity contribution in [3.05, 3.63) is 123 Å². The van der Waals surface area contributed by atoms with E-state index in [2.05, 4.69) is 33.2 Å². The zero-order valence-electron chi connectivity index (χ0n) is 18.0. The van der Waals surface area contributed by atoms with E-state index in [9.17, 15) is 0 Å². The fourth-order valence-electron chi connectivity index (χ4n) is 3.42. The SMILES string of the molecule is [CH3-].[Ir].[c-]1ccc2c(oc3ncccc32)c1-c1ccccn1.c1ccc(-c2ccccn2)cc1. The molecule has 0 saturated heterocycles. The number of nitrogens with zero attached hydrogens (tertiary/aromatic N) is 3. The van der Waals surface area contributed by atoms with Crippen molar-refractivity contribution < 1.29 is 24.5 Å². The Balaban J connectivity index is 0.000000192. The summed E-state index contributed by atoms with van der Waals surface area (Å²) >= 11 is 0. The van der Waals surface area contributed by atoms with Crippen molar-refractivity contribution in [1.29, 1.82) is 0 Å². The molecular formula is C28H21IrN3O-2. The van der Waals surface area contributed by atoms with Gasteiger partial charge in [-0.2, -0.15) is 0 Å². The number of pyridine rings is 3. The van der Waals surface area contributed by atoms with E-state index in [1.807, 2.05) is 85.1 Å². The summed E-state index contributed by atoms with van der Waals surface area (Å²) in [5.41, 5.74) is 5.35. The van der Waals surface area contributed by atoms with Crippen molar-refractivity contribution in [2.24, 2.45) is 0 Å².